The number of allylic oxidation sites excluding steroid dienone is 2. The molecule has 1 aromatic rings. The first-order valence-corrected chi connectivity index (χ1v) is 14.1. The maximum atomic E-state index is 12.2. The minimum atomic E-state index is -4.59. The molecule has 0 aliphatic heterocycles. The Hall–Kier alpha value is -1.40. The van der Waals surface area contributed by atoms with Gasteiger partial charge < -0.3 is 19.5 Å². The van der Waals surface area contributed by atoms with Gasteiger partial charge in [-0.3, -0.25) is 9.32 Å². The molecule has 1 rings (SSSR count). The quantitative estimate of drug-likeness (QED) is 0.105. The lowest BCUT2D eigenvalue weighted by atomic mass is 10.1. The van der Waals surface area contributed by atoms with Crippen LogP contribution in [0, 0.1) is 0 Å². The van der Waals surface area contributed by atoms with Gasteiger partial charge in [-0.2, -0.15) is 0 Å². The predicted octanol–water partition coefficient (Wildman–Crippen LogP) is 6.45. The summed E-state index contributed by atoms with van der Waals surface area (Å²) in [6.07, 6.45) is 24.1. The molecule has 7 nitrogen and oxygen atoms in total. The van der Waals surface area contributed by atoms with Crippen molar-refractivity contribution >= 4 is 13.7 Å². The number of amides is 1. The molecular weight excluding hydrogens is 441 g/mol. The van der Waals surface area contributed by atoms with E-state index in [1.807, 2.05) is 0 Å². The fourth-order valence-corrected chi connectivity index (χ4v) is 4.06. The van der Waals surface area contributed by atoms with Crippen LogP contribution < -0.4 is 5.32 Å². The van der Waals surface area contributed by atoms with Gasteiger partial charge in [-0.1, -0.05) is 70.4 Å². The fraction of sp³-hybridized carbons (Fsp3) is 0.720. The van der Waals surface area contributed by atoms with Crippen molar-refractivity contribution in [3.8, 4) is 0 Å². The third kappa shape index (κ3) is 18.7. The van der Waals surface area contributed by atoms with Crippen LogP contribution in [0.25, 0.3) is 0 Å². The Labute approximate surface area is 199 Å². The maximum Gasteiger partial charge on any atom is 0.469 e. The van der Waals surface area contributed by atoms with E-state index in [1.54, 1.807) is 12.3 Å². The number of phosphoric acid groups is 1. The topological polar surface area (TPSA) is 109 Å². The number of phosphoric ester groups is 1. The largest absolute Gasteiger partial charge is 0.472 e. The lowest BCUT2D eigenvalue weighted by Crippen LogP contribution is -2.39. The summed E-state index contributed by atoms with van der Waals surface area (Å²) in [4.78, 5) is 30.1. The SMILES string of the molecule is CCCCCCCC/C=C\CCCCCCCC(=O)N[C@H](COP(=O)(O)O)Cc1ccoc1. The van der Waals surface area contributed by atoms with Gasteiger partial charge in [0.1, 0.15) is 0 Å². The van der Waals surface area contributed by atoms with E-state index >= 15 is 0 Å². The number of hydrogen-bond acceptors (Lipinski definition) is 4. The summed E-state index contributed by atoms with van der Waals surface area (Å²) in [5.74, 6) is -0.129. The molecule has 0 aliphatic carbocycles. The molecule has 0 aliphatic rings. The zero-order valence-corrected chi connectivity index (χ0v) is 21.1. The second kappa shape index (κ2) is 19.0. The van der Waals surface area contributed by atoms with Crippen LogP contribution in [-0.4, -0.2) is 28.3 Å². The zero-order chi connectivity index (χ0) is 24.2. The third-order valence-electron chi connectivity index (χ3n) is 5.54. The molecule has 1 heterocycles. The fourth-order valence-electron chi connectivity index (χ4n) is 3.69. The minimum absolute atomic E-state index is 0.129. The van der Waals surface area contributed by atoms with Crippen LogP contribution in [0.3, 0.4) is 0 Å². The first-order valence-electron chi connectivity index (χ1n) is 12.6. The summed E-state index contributed by atoms with van der Waals surface area (Å²) in [6, 6.07) is 1.23. The summed E-state index contributed by atoms with van der Waals surface area (Å²) in [7, 11) is -4.59. The van der Waals surface area contributed by atoms with E-state index in [4.69, 9.17) is 14.2 Å². The number of furan rings is 1. The second-order valence-electron chi connectivity index (χ2n) is 8.72. The average Bonchev–Trinajstić information content (AvgIpc) is 3.27. The number of carbonyl (C=O) groups excluding carboxylic acids is 1. The second-order valence-corrected chi connectivity index (χ2v) is 9.96. The molecule has 0 radical (unpaired) electrons. The monoisotopic (exact) mass is 485 g/mol. The smallest absolute Gasteiger partial charge is 0.469 e. The van der Waals surface area contributed by atoms with Gasteiger partial charge in [0.2, 0.25) is 5.91 Å². The number of unbranched alkanes of at least 4 members (excludes halogenated alkanes) is 11. The molecule has 0 saturated heterocycles. The summed E-state index contributed by atoms with van der Waals surface area (Å²) < 4.78 is 20.6. The van der Waals surface area contributed by atoms with Gasteiger partial charge >= 0.3 is 7.82 Å². The van der Waals surface area contributed by atoms with Crippen molar-refractivity contribution in [1.29, 1.82) is 0 Å². The van der Waals surface area contributed by atoms with Crippen molar-refractivity contribution in [2.45, 2.75) is 109 Å². The highest BCUT2D eigenvalue weighted by Crippen LogP contribution is 2.35. The average molecular weight is 486 g/mol. The van der Waals surface area contributed by atoms with Crippen molar-refractivity contribution in [3.05, 3.63) is 36.3 Å². The van der Waals surface area contributed by atoms with E-state index in [1.165, 1.54) is 64.1 Å². The molecule has 0 fully saturated rings. The van der Waals surface area contributed by atoms with Crippen molar-refractivity contribution in [1.82, 2.24) is 5.32 Å². The van der Waals surface area contributed by atoms with Gasteiger partial charge in [0.05, 0.1) is 25.2 Å². The van der Waals surface area contributed by atoms with E-state index in [-0.39, 0.29) is 12.5 Å². The van der Waals surface area contributed by atoms with Gasteiger partial charge in [0.15, 0.2) is 0 Å². The molecule has 8 heteroatoms. The molecule has 190 valence electrons. The number of carbonyl (C=O) groups is 1. The van der Waals surface area contributed by atoms with E-state index in [0.29, 0.717) is 12.8 Å². The van der Waals surface area contributed by atoms with Crippen LogP contribution in [0.2, 0.25) is 0 Å². The van der Waals surface area contributed by atoms with Crippen LogP contribution in [0.5, 0.6) is 0 Å². The molecular formula is C25H44NO6P. The van der Waals surface area contributed by atoms with Crippen molar-refractivity contribution in [3.63, 3.8) is 0 Å². The van der Waals surface area contributed by atoms with Gasteiger partial charge in [0, 0.05) is 6.42 Å². The predicted molar refractivity (Wildman–Crippen MR) is 132 cm³/mol. The number of rotatable bonds is 21. The van der Waals surface area contributed by atoms with Gasteiger partial charge in [-0.25, -0.2) is 4.57 Å². The first-order chi connectivity index (χ1) is 15.9. The molecule has 3 N–H and O–H groups in total. The van der Waals surface area contributed by atoms with E-state index in [2.05, 4.69) is 28.9 Å². The Balaban J connectivity index is 2.06. The Kier molecular flexibility index (Phi) is 17.0. The lowest BCUT2D eigenvalue weighted by Gasteiger charge is -2.18. The number of hydrogen-bond donors (Lipinski definition) is 3. The highest BCUT2D eigenvalue weighted by Gasteiger charge is 2.20. The highest BCUT2D eigenvalue weighted by molar-refractivity contribution is 7.46. The molecule has 1 atom stereocenters. The summed E-state index contributed by atoms with van der Waals surface area (Å²) in [6.45, 7) is 1.99. The van der Waals surface area contributed by atoms with Crippen LogP contribution in [-0.2, 0) is 20.3 Å². The molecule has 0 aromatic carbocycles. The maximum absolute atomic E-state index is 12.2. The standard InChI is InChI=1S/C25H44NO6P/c1-2-3-4-5-6-7-8-9-10-11-12-13-14-15-16-17-25(27)26-24(22-32-33(28,29)30)20-23-18-19-31-21-23/h9-10,18-19,21,24H,2-8,11-17,20,22H2,1H3,(H,26,27)(H2,28,29,30)/b10-9-/t24-/m0/s1. The van der Waals surface area contributed by atoms with Gasteiger partial charge in [0.25, 0.3) is 0 Å². The van der Waals surface area contributed by atoms with Crippen LogP contribution in [0.4, 0.5) is 0 Å². The minimum Gasteiger partial charge on any atom is -0.472 e. The third-order valence-corrected chi connectivity index (χ3v) is 6.02. The molecule has 1 amide bonds. The van der Waals surface area contributed by atoms with Crippen LogP contribution in [0.1, 0.15) is 102 Å². The molecule has 0 unspecified atom stereocenters. The van der Waals surface area contributed by atoms with Gasteiger partial charge in [-0.15, -0.1) is 0 Å². The highest BCUT2D eigenvalue weighted by atomic mass is 31.2. The molecule has 0 saturated carbocycles. The molecule has 0 spiro atoms. The van der Waals surface area contributed by atoms with Crippen LogP contribution >= 0.6 is 7.82 Å². The van der Waals surface area contributed by atoms with Crippen molar-refractivity contribution in [2.24, 2.45) is 0 Å². The van der Waals surface area contributed by atoms with E-state index < -0.39 is 13.9 Å². The lowest BCUT2D eigenvalue weighted by molar-refractivity contribution is -0.122. The first kappa shape index (κ1) is 29.6. The Morgan fingerprint density at radius 2 is 1.64 bits per heavy atom. The Morgan fingerprint density at radius 1 is 1.03 bits per heavy atom. The molecule has 1 aromatic heterocycles. The summed E-state index contributed by atoms with van der Waals surface area (Å²) in [5.41, 5.74) is 0.829. The van der Waals surface area contributed by atoms with Crippen LogP contribution in [0.15, 0.2) is 35.2 Å². The van der Waals surface area contributed by atoms with E-state index in [9.17, 15) is 9.36 Å². The summed E-state index contributed by atoms with van der Waals surface area (Å²) in [5, 5.41) is 2.82. The number of nitrogens with one attached hydrogen (secondary N) is 1. The van der Waals surface area contributed by atoms with Gasteiger partial charge in [-0.05, 0) is 50.2 Å². The normalized spacial score (nSPS) is 12.9. The zero-order valence-electron chi connectivity index (χ0n) is 20.3. The Bertz CT molecular complexity index is 670. The van der Waals surface area contributed by atoms with Crippen molar-refractivity contribution < 1.29 is 28.1 Å². The molecule has 33 heavy (non-hydrogen) atoms. The van der Waals surface area contributed by atoms with Crippen molar-refractivity contribution in [2.75, 3.05) is 6.61 Å². The summed E-state index contributed by atoms with van der Waals surface area (Å²) >= 11 is 0. The Morgan fingerprint density at radius 3 is 2.21 bits per heavy atom. The van der Waals surface area contributed by atoms with E-state index in [0.717, 1.165) is 31.2 Å². The molecule has 0 bridgehead atoms.